The Balaban J connectivity index is 1.44. The minimum Gasteiger partial charge on any atom is -0.496 e. The Morgan fingerprint density at radius 2 is 1.61 bits per heavy atom. The summed E-state index contributed by atoms with van der Waals surface area (Å²) in [5, 5.41) is 2.31. The summed E-state index contributed by atoms with van der Waals surface area (Å²) in [6.07, 6.45) is 0. The second-order valence-corrected chi connectivity index (χ2v) is 5.90. The van der Waals surface area contributed by atoms with Crippen molar-refractivity contribution in [2.45, 2.75) is 13.1 Å². The molecule has 23 heavy (non-hydrogen) atoms. The van der Waals surface area contributed by atoms with Crippen molar-refractivity contribution in [1.82, 2.24) is 15.3 Å². The van der Waals surface area contributed by atoms with Gasteiger partial charge in [-0.15, -0.1) is 0 Å². The Morgan fingerprint density at radius 3 is 2.35 bits per heavy atom. The molecular weight excluding hydrogens is 286 g/mol. The van der Waals surface area contributed by atoms with Gasteiger partial charge in [0, 0.05) is 44.8 Å². The lowest BCUT2D eigenvalue weighted by Gasteiger charge is -2.35. The molecule has 0 aliphatic carbocycles. The lowest BCUT2D eigenvalue weighted by molar-refractivity contribution is 0.0831. The highest BCUT2D eigenvalue weighted by Crippen LogP contribution is 2.17. The van der Waals surface area contributed by atoms with E-state index in [2.05, 4.69) is 57.8 Å². The molecule has 1 N–H and O–H groups in total. The van der Waals surface area contributed by atoms with Gasteiger partial charge in [-0.25, -0.2) is 5.01 Å². The zero-order valence-electron chi connectivity index (χ0n) is 13.7. The van der Waals surface area contributed by atoms with Crippen molar-refractivity contribution < 1.29 is 4.74 Å². The van der Waals surface area contributed by atoms with Crippen molar-refractivity contribution in [3.05, 3.63) is 65.7 Å². The largest absolute Gasteiger partial charge is 0.496 e. The Hall–Kier alpha value is -1.88. The molecule has 2 aromatic rings. The number of nitrogens with zero attached hydrogens (tertiary/aromatic N) is 2. The monoisotopic (exact) mass is 311 g/mol. The van der Waals surface area contributed by atoms with Crippen LogP contribution in [0.1, 0.15) is 11.1 Å². The van der Waals surface area contributed by atoms with Crippen LogP contribution in [0, 0.1) is 0 Å². The van der Waals surface area contributed by atoms with Crippen LogP contribution in [0.3, 0.4) is 0 Å². The molecule has 2 aromatic carbocycles. The van der Waals surface area contributed by atoms with Gasteiger partial charge >= 0.3 is 0 Å². The fourth-order valence-electron chi connectivity index (χ4n) is 2.95. The van der Waals surface area contributed by atoms with Gasteiger partial charge < -0.3 is 4.74 Å². The Morgan fingerprint density at radius 1 is 0.913 bits per heavy atom. The first-order valence-corrected chi connectivity index (χ1v) is 8.22. The average Bonchev–Trinajstić information content (AvgIpc) is 2.62. The first-order valence-electron chi connectivity index (χ1n) is 8.22. The quantitative estimate of drug-likeness (QED) is 0.887. The molecular formula is C19H25N3O. The molecule has 1 aliphatic rings. The summed E-state index contributed by atoms with van der Waals surface area (Å²) in [5.41, 5.74) is 6.11. The molecule has 0 atom stereocenters. The number of benzene rings is 2. The molecule has 0 spiro atoms. The van der Waals surface area contributed by atoms with Gasteiger partial charge in [0.15, 0.2) is 0 Å². The van der Waals surface area contributed by atoms with E-state index in [0.717, 1.165) is 45.0 Å². The minimum atomic E-state index is 0.808. The van der Waals surface area contributed by atoms with E-state index in [9.17, 15) is 0 Å². The van der Waals surface area contributed by atoms with Gasteiger partial charge in [-0.3, -0.25) is 10.3 Å². The van der Waals surface area contributed by atoms with Crippen molar-refractivity contribution >= 4 is 0 Å². The summed E-state index contributed by atoms with van der Waals surface area (Å²) < 4.78 is 5.40. The number of nitrogens with one attached hydrogen (secondary N) is 1. The van der Waals surface area contributed by atoms with Crippen LogP contribution in [0.15, 0.2) is 54.6 Å². The lowest BCUT2D eigenvalue weighted by Crippen LogP contribution is -2.51. The predicted molar refractivity (Wildman–Crippen MR) is 93.1 cm³/mol. The number of rotatable bonds is 6. The molecule has 0 aromatic heterocycles. The normalized spacial score (nSPS) is 16.4. The molecule has 0 amide bonds. The summed E-state index contributed by atoms with van der Waals surface area (Å²) in [6, 6.07) is 18.9. The topological polar surface area (TPSA) is 27.7 Å². The summed E-state index contributed by atoms with van der Waals surface area (Å²) >= 11 is 0. The Bertz CT molecular complexity index is 595. The number of piperazine rings is 1. The molecule has 4 heteroatoms. The molecule has 0 bridgehead atoms. The standard InChI is InChI=1S/C19H25N3O/c1-23-19-10-6-5-9-18(19)15-20-22-13-11-21(12-14-22)16-17-7-3-2-4-8-17/h2-10,20H,11-16H2,1H3. The second kappa shape index (κ2) is 8.11. The molecule has 1 saturated heterocycles. The van der Waals surface area contributed by atoms with Crippen LogP contribution < -0.4 is 10.2 Å². The zero-order chi connectivity index (χ0) is 15.9. The smallest absolute Gasteiger partial charge is 0.123 e. The van der Waals surface area contributed by atoms with E-state index in [4.69, 9.17) is 4.74 Å². The summed E-state index contributed by atoms with van der Waals surface area (Å²) in [4.78, 5) is 2.51. The van der Waals surface area contributed by atoms with Crippen LogP contribution in [0.5, 0.6) is 5.75 Å². The number of hydrogen-bond donors (Lipinski definition) is 1. The van der Waals surface area contributed by atoms with Crippen molar-refractivity contribution in [3.63, 3.8) is 0 Å². The first kappa shape index (κ1) is 16.0. The van der Waals surface area contributed by atoms with Crippen LogP contribution in [-0.4, -0.2) is 43.2 Å². The van der Waals surface area contributed by atoms with Gasteiger partial charge in [0.05, 0.1) is 7.11 Å². The van der Waals surface area contributed by atoms with Crippen molar-refractivity contribution in [1.29, 1.82) is 0 Å². The van der Waals surface area contributed by atoms with E-state index in [1.54, 1.807) is 7.11 Å². The number of ether oxygens (including phenoxy) is 1. The molecule has 1 aliphatic heterocycles. The molecule has 1 fully saturated rings. The van der Waals surface area contributed by atoms with Crippen molar-refractivity contribution in [2.24, 2.45) is 0 Å². The van der Waals surface area contributed by atoms with E-state index in [1.807, 2.05) is 12.1 Å². The van der Waals surface area contributed by atoms with Crippen molar-refractivity contribution in [2.75, 3.05) is 33.3 Å². The third-order valence-corrected chi connectivity index (χ3v) is 4.31. The number of methoxy groups -OCH3 is 1. The van der Waals surface area contributed by atoms with Gasteiger partial charge in [0.1, 0.15) is 5.75 Å². The Labute approximate surface area is 138 Å². The number of hydrazine groups is 1. The highest BCUT2D eigenvalue weighted by molar-refractivity contribution is 5.32. The molecule has 4 nitrogen and oxygen atoms in total. The maximum atomic E-state index is 5.40. The molecule has 0 radical (unpaired) electrons. The summed E-state index contributed by atoms with van der Waals surface area (Å²) in [6.45, 7) is 6.12. The molecule has 0 saturated carbocycles. The van der Waals surface area contributed by atoms with Gasteiger partial charge in [0.25, 0.3) is 0 Å². The highest BCUT2D eigenvalue weighted by atomic mass is 16.5. The number of hydrogen-bond acceptors (Lipinski definition) is 4. The van der Waals surface area contributed by atoms with Crippen LogP contribution >= 0.6 is 0 Å². The van der Waals surface area contributed by atoms with Gasteiger partial charge in [-0.2, -0.15) is 0 Å². The van der Waals surface area contributed by atoms with E-state index < -0.39 is 0 Å². The molecule has 122 valence electrons. The summed E-state index contributed by atoms with van der Waals surface area (Å²) in [7, 11) is 1.72. The lowest BCUT2D eigenvalue weighted by atomic mass is 10.2. The summed E-state index contributed by atoms with van der Waals surface area (Å²) in [5.74, 6) is 0.947. The second-order valence-electron chi connectivity index (χ2n) is 5.90. The average molecular weight is 311 g/mol. The maximum Gasteiger partial charge on any atom is 0.123 e. The SMILES string of the molecule is COc1ccccc1CNN1CCN(Cc2ccccc2)CC1. The minimum absolute atomic E-state index is 0.808. The Kier molecular flexibility index (Phi) is 5.64. The van der Waals surface area contributed by atoms with Crippen LogP contribution in [0.4, 0.5) is 0 Å². The maximum absolute atomic E-state index is 5.40. The first-order chi connectivity index (χ1) is 11.3. The third kappa shape index (κ3) is 4.55. The van der Waals surface area contributed by atoms with E-state index in [1.165, 1.54) is 11.1 Å². The fraction of sp³-hybridized carbons (Fsp3) is 0.368. The highest BCUT2D eigenvalue weighted by Gasteiger charge is 2.16. The van der Waals surface area contributed by atoms with Crippen molar-refractivity contribution in [3.8, 4) is 5.75 Å². The van der Waals surface area contributed by atoms with Gasteiger partial charge in [-0.05, 0) is 11.6 Å². The van der Waals surface area contributed by atoms with E-state index >= 15 is 0 Å². The fourth-order valence-corrected chi connectivity index (χ4v) is 2.95. The predicted octanol–water partition coefficient (Wildman–Crippen LogP) is 2.52. The molecule has 0 unspecified atom stereocenters. The molecule has 3 rings (SSSR count). The van der Waals surface area contributed by atoms with Crippen LogP contribution in [-0.2, 0) is 13.1 Å². The van der Waals surface area contributed by atoms with E-state index in [0.29, 0.717) is 0 Å². The third-order valence-electron chi connectivity index (χ3n) is 4.31. The van der Waals surface area contributed by atoms with Gasteiger partial charge in [-0.1, -0.05) is 48.5 Å². The zero-order valence-corrected chi connectivity index (χ0v) is 13.7. The van der Waals surface area contributed by atoms with E-state index in [-0.39, 0.29) is 0 Å². The van der Waals surface area contributed by atoms with Crippen LogP contribution in [0.25, 0.3) is 0 Å². The molecule has 1 heterocycles. The number of para-hydroxylation sites is 1. The van der Waals surface area contributed by atoms with Gasteiger partial charge in [0.2, 0.25) is 0 Å². The van der Waals surface area contributed by atoms with Crippen LogP contribution in [0.2, 0.25) is 0 Å².